The van der Waals surface area contributed by atoms with Crippen LogP contribution in [-0.2, 0) is 4.53 Å². The Kier molecular flexibility index (Phi) is 3.74. The molecule has 0 heterocycles. The number of nitrogens with one attached hydrogen (secondary N) is 1. The van der Waals surface area contributed by atoms with E-state index >= 15 is 0 Å². The van der Waals surface area contributed by atoms with Gasteiger partial charge in [0.1, 0.15) is 0 Å². The first-order valence-corrected chi connectivity index (χ1v) is 8.42. The van der Waals surface area contributed by atoms with Gasteiger partial charge in [-0.2, -0.15) is 0 Å². The minimum atomic E-state index is -1.35. The number of rotatable bonds is 3. The van der Waals surface area contributed by atoms with E-state index in [0.29, 0.717) is 6.04 Å². The Bertz CT molecular complexity index is 127. The fourth-order valence-corrected chi connectivity index (χ4v) is 2.00. The van der Waals surface area contributed by atoms with Crippen molar-refractivity contribution in [3.8, 4) is 0 Å². The molecule has 1 aliphatic carbocycles. The van der Waals surface area contributed by atoms with Crippen molar-refractivity contribution in [3.63, 3.8) is 0 Å². The van der Waals surface area contributed by atoms with Gasteiger partial charge in [-0.25, -0.2) is 5.48 Å². The summed E-state index contributed by atoms with van der Waals surface area (Å²) in [6.07, 6.45) is 6.74. The van der Waals surface area contributed by atoms with Crippen molar-refractivity contribution < 1.29 is 4.53 Å². The first-order valence-electron chi connectivity index (χ1n) is 5.01. The van der Waals surface area contributed by atoms with Crippen molar-refractivity contribution in [2.45, 2.75) is 57.8 Å². The zero-order chi connectivity index (χ0) is 9.03. The van der Waals surface area contributed by atoms with Gasteiger partial charge < -0.3 is 4.53 Å². The van der Waals surface area contributed by atoms with Crippen LogP contribution in [0.1, 0.15) is 32.1 Å². The molecule has 0 spiro atoms. The smallest absolute Gasteiger partial charge is 0.211 e. The molecule has 0 aromatic carbocycles. The summed E-state index contributed by atoms with van der Waals surface area (Å²) in [6, 6.07) is 0.630. The van der Waals surface area contributed by atoms with Crippen LogP contribution in [0.25, 0.3) is 0 Å². The molecule has 0 saturated heterocycles. The van der Waals surface area contributed by atoms with Gasteiger partial charge in [-0.15, -0.1) is 0 Å². The van der Waals surface area contributed by atoms with E-state index in [-0.39, 0.29) is 0 Å². The topological polar surface area (TPSA) is 21.3 Å². The molecule has 0 amide bonds. The maximum absolute atomic E-state index is 5.66. The second kappa shape index (κ2) is 4.39. The summed E-state index contributed by atoms with van der Waals surface area (Å²) in [5, 5.41) is 0. The van der Waals surface area contributed by atoms with Crippen LogP contribution in [0.15, 0.2) is 0 Å². The molecule has 0 aromatic heterocycles. The van der Waals surface area contributed by atoms with E-state index in [1.807, 2.05) is 0 Å². The second-order valence-corrected chi connectivity index (χ2v) is 9.10. The summed E-state index contributed by atoms with van der Waals surface area (Å²) < 4.78 is 5.66. The molecule has 0 bridgehead atoms. The molecule has 0 aliphatic heterocycles. The average molecular weight is 187 g/mol. The molecular formula is C9H21NOSi. The Balaban J connectivity index is 2.13. The van der Waals surface area contributed by atoms with Crippen LogP contribution in [0.4, 0.5) is 0 Å². The Morgan fingerprint density at radius 1 is 1.08 bits per heavy atom. The van der Waals surface area contributed by atoms with Crippen molar-refractivity contribution in [3.05, 3.63) is 0 Å². The summed E-state index contributed by atoms with van der Waals surface area (Å²) >= 11 is 0. The fourth-order valence-electron chi connectivity index (χ4n) is 1.48. The summed E-state index contributed by atoms with van der Waals surface area (Å²) in [6.45, 7) is 6.63. The quantitative estimate of drug-likeness (QED) is 0.542. The lowest BCUT2D eigenvalue weighted by Gasteiger charge is -2.26. The van der Waals surface area contributed by atoms with Gasteiger partial charge >= 0.3 is 0 Å². The maximum atomic E-state index is 5.66. The third-order valence-electron chi connectivity index (χ3n) is 2.14. The Morgan fingerprint density at radius 3 is 2.17 bits per heavy atom. The van der Waals surface area contributed by atoms with Gasteiger partial charge in [0.05, 0.1) is 0 Å². The molecule has 72 valence electrons. The first-order chi connectivity index (χ1) is 5.58. The van der Waals surface area contributed by atoms with Crippen LogP contribution in [0.5, 0.6) is 0 Å². The van der Waals surface area contributed by atoms with Crippen molar-refractivity contribution in [1.29, 1.82) is 0 Å². The third kappa shape index (κ3) is 4.23. The Labute approximate surface area is 76.8 Å². The number of hydrogen-bond acceptors (Lipinski definition) is 2. The van der Waals surface area contributed by atoms with E-state index in [4.69, 9.17) is 4.53 Å². The number of hydrogen-bond donors (Lipinski definition) is 1. The molecule has 1 aliphatic rings. The molecule has 0 aromatic rings. The lowest BCUT2D eigenvalue weighted by Crippen LogP contribution is -2.40. The minimum absolute atomic E-state index is 0.630. The summed E-state index contributed by atoms with van der Waals surface area (Å²) in [5.41, 5.74) is 3.22. The summed E-state index contributed by atoms with van der Waals surface area (Å²) in [5.74, 6) is 0. The minimum Gasteiger partial charge on any atom is -0.346 e. The van der Waals surface area contributed by atoms with E-state index in [2.05, 4.69) is 25.1 Å². The van der Waals surface area contributed by atoms with Gasteiger partial charge in [0.2, 0.25) is 8.32 Å². The molecule has 2 nitrogen and oxygen atoms in total. The molecule has 12 heavy (non-hydrogen) atoms. The van der Waals surface area contributed by atoms with E-state index in [1.165, 1.54) is 32.1 Å². The van der Waals surface area contributed by atoms with E-state index in [0.717, 1.165) is 0 Å². The average Bonchev–Trinajstić information content (AvgIpc) is 2.02. The number of hydroxylamine groups is 1. The van der Waals surface area contributed by atoms with Gasteiger partial charge in [-0.1, -0.05) is 19.3 Å². The normalized spacial score (nSPS) is 21.2. The third-order valence-corrected chi connectivity index (χ3v) is 2.87. The first kappa shape index (κ1) is 10.2. The van der Waals surface area contributed by atoms with Crippen LogP contribution in [0, 0.1) is 0 Å². The highest BCUT2D eigenvalue weighted by Gasteiger charge is 2.19. The highest BCUT2D eigenvalue weighted by molar-refractivity contribution is 6.69. The standard InChI is InChI=1S/C9H21NOSi/c1-12(2,3)11-10-9-7-5-4-6-8-9/h9-10H,4-8H2,1-3H3. The van der Waals surface area contributed by atoms with Crippen molar-refractivity contribution >= 4 is 8.32 Å². The van der Waals surface area contributed by atoms with Crippen molar-refractivity contribution in [2.24, 2.45) is 0 Å². The largest absolute Gasteiger partial charge is 0.346 e. The van der Waals surface area contributed by atoms with Gasteiger partial charge in [-0.3, -0.25) is 0 Å². The SMILES string of the molecule is C[Si](C)(C)ONC1CCCCC1. The predicted octanol–water partition coefficient (Wildman–Crippen LogP) is 2.68. The molecule has 1 N–H and O–H groups in total. The van der Waals surface area contributed by atoms with Crippen LogP contribution in [0.3, 0.4) is 0 Å². The molecular weight excluding hydrogens is 166 g/mol. The van der Waals surface area contributed by atoms with Gasteiger partial charge in [0.15, 0.2) is 0 Å². The van der Waals surface area contributed by atoms with Gasteiger partial charge in [-0.05, 0) is 32.5 Å². The fraction of sp³-hybridized carbons (Fsp3) is 1.00. The molecule has 0 unspecified atom stereocenters. The van der Waals surface area contributed by atoms with Crippen molar-refractivity contribution in [1.82, 2.24) is 5.48 Å². The molecule has 3 heteroatoms. The molecule has 0 atom stereocenters. The van der Waals surface area contributed by atoms with Crippen LogP contribution < -0.4 is 5.48 Å². The molecule has 1 rings (SSSR count). The predicted molar refractivity (Wildman–Crippen MR) is 54.4 cm³/mol. The lowest BCUT2D eigenvalue weighted by atomic mass is 9.96. The molecule has 0 radical (unpaired) electrons. The summed E-state index contributed by atoms with van der Waals surface area (Å²) in [7, 11) is -1.35. The van der Waals surface area contributed by atoms with Crippen LogP contribution in [-0.4, -0.2) is 14.4 Å². The second-order valence-electron chi connectivity index (χ2n) is 4.67. The maximum Gasteiger partial charge on any atom is 0.211 e. The van der Waals surface area contributed by atoms with Crippen LogP contribution >= 0.6 is 0 Å². The molecule has 1 fully saturated rings. The zero-order valence-corrected chi connectivity index (χ0v) is 9.52. The van der Waals surface area contributed by atoms with Gasteiger partial charge in [0.25, 0.3) is 0 Å². The highest BCUT2D eigenvalue weighted by Crippen LogP contribution is 2.17. The Morgan fingerprint density at radius 2 is 1.67 bits per heavy atom. The van der Waals surface area contributed by atoms with Crippen LogP contribution in [0.2, 0.25) is 19.6 Å². The lowest BCUT2D eigenvalue weighted by molar-refractivity contribution is 0.125. The van der Waals surface area contributed by atoms with E-state index in [9.17, 15) is 0 Å². The zero-order valence-electron chi connectivity index (χ0n) is 8.52. The van der Waals surface area contributed by atoms with E-state index in [1.54, 1.807) is 0 Å². The Hall–Kier alpha value is 0.137. The van der Waals surface area contributed by atoms with Crippen molar-refractivity contribution in [2.75, 3.05) is 0 Å². The molecule has 1 saturated carbocycles. The van der Waals surface area contributed by atoms with Gasteiger partial charge in [0, 0.05) is 6.04 Å². The monoisotopic (exact) mass is 187 g/mol. The summed E-state index contributed by atoms with van der Waals surface area (Å²) in [4.78, 5) is 0. The highest BCUT2D eigenvalue weighted by atomic mass is 28.4. The van der Waals surface area contributed by atoms with E-state index < -0.39 is 8.32 Å².